The van der Waals surface area contributed by atoms with E-state index in [1.807, 2.05) is 79.7 Å². The van der Waals surface area contributed by atoms with Crippen molar-refractivity contribution in [2.75, 3.05) is 7.11 Å². The predicted molar refractivity (Wildman–Crippen MR) is 153 cm³/mol. The van der Waals surface area contributed by atoms with Gasteiger partial charge in [-0.1, -0.05) is 86.1 Å². The second kappa shape index (κ2) is 12.7. The second-order valence-corrected chi connectivity index (χ2v) is 10.2. The maximum atomic E-state index is 13.5. The van der Waals surface area contributed by atoms with Crippen LogP contribution < -0.4 is 0 Å². The van der Waals surface area contributed by atoms with Gasteiger partial charge in [-0.2, -0.15) is 0 Å². The molecular weight excluding hydrogens is 488 g/mol. The van der Waals surface area contributed by atoms with Crippen molar-refractivity contribution < 1.29 is 19.4 Å². The Hall–Kier alpha value is -3.95. The van der Waals surface area contributed by atoms with E-state index in [-0.39, 0.29) is 12.5 Å². The summed E-state index contributed by atoms with van der Waals surface area (Å²) in [5.74, 6) is -0.496. The molecule has 1 aliphatic rings. The first kappa shape index (κ1) is 28.1. The quantitative estimate of drug-likeness (QED) is 0.243. The van der Waals surface area contributed by atoms with Crippen LogP contribution >= 0.6 is 0 Å². The van der Waals surface area contributed by atoms with Gasteiger partial charge in [0.1, 0.15) is 5.54 Å². The topological polar surface area (TPSA) is 71.2 Å². The Morgan fingerprint density at radius 3 is 2.28 bits per heavy atom. The molecular formula is C33H36N2O4. The molecule has 0 aliphatic heterocycles. The third-order valence-electron chi connectivity index (χ3n) is 7.74. The molecule has 6 heteroatoms. The average molecular weight is 525 g/mol. The minimum atomic E-state index is -1.08. The van der Waals surface area contributed by atoms with Crippen molar-refractivity contribution in [2.45, 2.75) is 70.1 Å². The van der Waals surface area contributed by atoms with Crippen molar-refractivity contribution in [3.05, 3.63) is 89.8 Å². The molecule has 39 heavy (non-hydrogen) atoms. The van der Waals surface area contributed by atoms with Gasteiger partial charge in [-0.05, 0) is 59.9 Å². The van der Waals surface area contributed by atoms with Gasteiger partial charge in [0, 0.05) is 13.0 Å². The fourth-order valence-corrected chi connectivity index (χ4v) is 5.44. The van der Waals surface area contributed by atoms with Gasteiger partial charge in [-0.3, -0.25) is 4.79 Å². The number of ether oxygens (including phenoxy) is 1. The summed E-state index contributed by atoms with van der Waals surface area (Å²) in [7, 11) is 1.36. The lowest BCUT2D eigenvalue weighted by molar-refractivity contribution is -0.167. The van der Waals surface area contributed by atoms with E-state index in [9.17, 15) is 14.7 Å². The first-order valence-electron chi connectivity index (χ1n) is 13.6. The number of amides is 1. The fraction of sp³-hybridized carbons (Fsp3) is 0.364. The van der Waals surface area contributed by atoms with Gasteiger partial charge in [0.15, 0.2) is 5.69 Å². The number of benzene rings is 3. The highest BCUT2D eigenvalue weighted by Crippen LogP contribution is 2.38. The number of methoxy groups -OCH3 is 1. The highest BCUT2D eigenvalue weighted by atomic mass is 16.5. The molecule has 1 saturated carbocycles. The largest absolute Gasteiger partial charge is 0.467 e. The number of carbonyl (C=O) groups excluding carboxylic acids is 2. The van der Waals surface area contributed by atoms with Crippen molar-refractivity contribution in [3.8, 4) is 22.3 Å². The summed E-state index contributed by atoms with van der Waals surface area (Å²) in [5.41, 5.74) is 4.26. The Kier molecular flexibility index (Phi) is 9.16. The number of esters is 1. The first-order chi connectivity index (χ1) is 18.9. The van der Waals surface area contributed by atoms with Crippen molar-refractivity contribution in [3.63, 3.8) is 0 Å². The number of rotatable bonds is 9. The molecule has 0 aromatic heterocycles. The Balaban J connectivity index is 1.66. The van der Waals surface area contributed by atoms with E-state index in [0.717, 1.165) is 40.7 Å². The Morgan fingerprint density at radius 1 is 1.00 bits per heavy atom. The number of unbranched alkanes of at least 4 members (excludes halogenated alkanes) is 1. The van der Waals surface area contributed by atoms with Gasteiger partial charge in [0.25, 0.3) is 0 Å². The molecule has 1 amide bonds. The predicted octanol–water partition coefficient (Wildman–Crippen LogP) is 6.94. The van der Waals surface area contributed by atoms with Crippen LogP contribution in [0.15, 0.2) is 72.8 Å². The van der Waals surface area contributed by atoms with Gasteiger partial charge < -0.3 is 14.7 Å². The lowest BCUT2D eigenvalue weighted by Crippen LogP contribution is -2.59. The number of nitrogens with zero attached hydrogens (tertiary/aromatic N) is 2. The van der Waals surface area contributed by atoms with Crippen molar-refractivity contribution in [2.24, 2.45) is 0 Å². The van der Waals surface area contributed by atoms with E-state index in [4.69, 9.17) is 11.3 Å². The molecule has 202 valence electrons. The smallest absolute Gasteiger partial charge is 0.331 e. The van der Waals surface area contributed by atoms with E-state index in [2.05, 4.69) is 4.85 Å². The minimum Gasteiger partial charge on any atom is -0.467 e. The Bertz CT molecular complexity index is 1320. The van der Waals surface area contributed by atoms with Crippen LogP contribution in [0.3, 0.4) is 0 Å². The SMILES string of the molecule is [C-]#[N+]c1ccc(-c2ccccc2)cc1-c1ccc(CN(C(=O)CCCC)C2(C(=O)OC)CCC(O)CC2)cc1. The molecule has 1 aliphatic carbocycles. The van der Waals surface area contributed by atoms with Gasteiger partial charge >= 0.3 is 5.97 Å². The molecule has 4 rings (SSSR count). The molecule has 0 radical (unpaired) electrons. The molecule has 0 unspecified atom stereocenters. The number of hydrogen-bond acceptors (Lipinski definition) is 4. The average Bonchev–Trinajstić information content (AvgIpc) is 2.99. The highest BCUT2D eigenvalue weighted by Gasteiger charge is 2.49. The lowest BCUT2D eigenvalue weighted by atomic mass is 9.78. The summed E-state index contributed by atoms with van der Waals surface area (Å²) >= 11 is 0. The molecule has 1 fully saturated rings. The Morgan fingerprint density at radius 2 is 1.67 bits per heavy atom. The van der Waals surface area contributed by atoms with E-state index < -0.39 is 17.6 Å². The first-order valence-corrected chi connectivity index (χ1v) is 13.6. The van der Waals surface area contributed by atoms with E-state index >= 15 is 0 Å². The third-order valence-corrected chi connectivity index (χ3v) is 7.74. The van der Waals surface area contributed by atoms with E-state index in [0.29, 0.717) is 37.8 Å². The number of carbonyl (C=O) groups is 2. The van der Waals surface area contributed by atoms with Crippen LogP contribution in [0.2, 0.25) is 0 Å². The molecule has 3 aromatic rings. The summed E-state index contributed by atoms with van der Waals surface area (Å²) < 4.78 is 5.21. The zero-order valence-electron chi connectivity index (χ0n) is 22.7. The molecule has 0 atom stereocenters. The van der Waals surface area contributed by atoms with Crippen LogP contribution in [0.1, 0.15) is 57.4 Å². The number of aliphatic hydroxyl groups is 1. The van der Waals surface area contributed by atoms with Crippen molar-refractivity contribution >= 4 is 17.6 Å². The molecule has 3 aromatic carbocycles. The summed E-state index contributed by atoms with van der Waals surface area (Å²) in [6.45, 7) is 9.98. The summed E-state index contributed by atoms with van der Waals surface area (Å²) in [4.78, 5) is 32.0. The second-order valence-electron chi connectivity index (χ2n) is 10.2. The monoisotopic (exact) mass is 524 g/mol. The van der Waals surface area contributed by atoms with Crippen LogP contribution in [0, 0.1) is 6.57 Å². The fourth-order valence-electron chi connectivity index (χ4n) is 5.44. The van der Waals surface area contributed by atoms with Crippen LogP contribution in [-0.2, 0) is 20.9 Å². The highest BCUT2D eigenvalue weighted by molar-refractivity contribution is 5.88. The van der Waals surface area contributed by atoms with Crippen molar-refractivity contribution in [1.82, 2.24) is 4.90 Å². The number of hydrogen-bond donors (Lipinski definition) is 1. The van der Waals surface area contributed by atoms with E-state index in [1.54, 1.807) is 4.90 Å². The van der Waals surface area contributed by atoms with Gasteiger partial charge in [-0.25, -0.2) is 9.64 Å². The molecule has 0 saturated heterocycles. The molecule has 1 N–H and O–H groups in total. The van der Waals surface area contributed by atoms with Gasteiger partial charge in [0.05, 0.1) is 19.8 Å². The van der Waals surface area contributed by atoms with Crippen LogP contribution in [0.5, 0.6) is 0 Å². The van der Waals surface area contributed by atoms with Crippen LogP contribution in [-0.4, -0.2) is 40.6 Å². The summed E-state index contributed by atoms with van der Waals surface area (Å²) in [6, 6.07) is 23.8. The zero-order valence-corrected chi connectivity index (χ0v) is 22.7. The maximum Gasteiger partial charge on any atom is 0.331 e. The van der Waals surface area contributed by atoms with Crippen LogP contribution in [0.25, 0.3) is 27.1 Å². The molecule has 0 heterocycles. The number of aliphatic hydroxyl groups excluding tert-OH is 1. The molecule has 6 nitrogen and oxygen atoms in total. The summed E-state index contributed by atoms with van der Waals surface area (Å²) in [6.07, 6.45) is 3.14. The van der Waals surface area contributed by atoms with Gasteiger partial charge in [-0.15, -0.1) is 0 Å². The third kappa shape index (κ3) is 6.21. The standard InChI is InChI=1S/C33H36N2O4/c1-4-5-11-31(37)35(33(32(38)39-3)20-18-28(36)19-21-33)23-24-12-14-26(15-13-24)29-22-27(16-17-30(29)34-2)25-9-7-6-8-10-25/h6-10,12-17,22,28,36H,4-5,11,18-21,23H2,1,3H3. The van der Waals surface area contributed by atoms with Crippen molar-refractivity contribution in [1.29, 1.82) is 0 Å². The Labute approximate surface area is 231 Å². The van der Waals surface area contributed by atoms with Crippen LogP contribution in [0.4, 0.5) is 5.69 Å². The lowest BCUT2D eigenvalue weighted by Gasteiger charge is -2.45. The zero-order chi connectivity index (χ0) is 27.8. The van der Waals surface area contributed by atoms with E-state index in [1.165, 1.54) is 7.11 Å². The summed E-state index contributed by atoms with van der Waals surface area (Å²) in [5, 5.41) is 10.1. The maximum absolute atomic E-state index is 13.5. The molecule has 0 bridgehead atoms. The van der Waals surface area contributed by atoms with Gasteiger partial charge in [0.2, 0.25) is 5.91 Å². The molecule has 0 spiro atoms. The normalized spacial score (nSPS) is 18.7. The minimum absolute atomic E-state index is 0.0754.